The molecule has 0 aliphatic heterocycles. The monoisotopic (exact) mass is 263 g/mol. The molecule has 88 valence electrons. The van der Waals surface area contributed by atoms with Gasteiger partial charge in [-0.1, -0.05) is 47.6 Å². The molecule has 0 amide bonds. The molecule has 0 spiro atoms. The Morgan fingerprint density at radius 2 is 1.88 bits per heavy atom. The maximum absolute atomic E-state index is 6.05. The van der Waals surface area contributed by atoms with Crippen LogP contribution in [0.5, 0.6) is 0 Å². The van der Waals surface area contributed by atoms with E-state index in [0.29, 0.717) is 0 Å². The number of hydrogen-bond donors (Lipinski definition) is 1. The van der Waals surface area contributed by atoms with Gasteiger partial charge in [0.1, 0.15) is 0 Å². The zero-order valence-corrected chi connectivity index (χ0v) is 11.2. The van der Waals surface area contributed by atoms with Crippen LogP contribution in [-0.2, 0) is 6.54 Å². The van der Waals surface area contributed by atoms with Gasteiger partial charge in [-0.05, 0) is 36.9 Å². The van der Waals surface area contributed by atoms with Crippen LogP contribution in [0.4, 0.5) is 0 Å². The topological polar surface area (TPSA) is 12.0 Å². The van der Waals surface area contributed by atoms with Crippen molar-refractivity contribution in [1.29, 1.82) is 0 Å². The van der Waals surface area contributed by atoms with E-state index in [-0.39, 0.29) is 0 Å². The molecule has 0 fully saturated rings. The van der Waals surface area contributed by atoms with E-state index >= 15 is 0 Å². The molecule has 0 radical (unpaired) electrons. The molecule has 1 nitrogen and oxygen atoms in total. The van der Waals surface area contributed by atoms with Crippen LogP contribution in [0.15, 0.2) is 58.3 Å². The molecule has 0 saturated heterocycles. The molecule has 0 saturated carbocycles. The highest BCUT2D eigenvalue weighted by Gasteiger charge is 2.04. The molecule has 2 aromatic carbocycles. The minimum Gasteiger partial charge on any atom is -0.316 e. The first kappa shape index (κ1) is 12.5. The first-order valence-electron chi connectivity index (χ1n) is 5.45. The Kier molecular flexibility index (Phi) is 4.49. The summed E-state index contributed by atoms with van der Waals surface area (Å²) in [6.45, 7) is 0.854. The Morgan fingerprint density at radius 3 is 2.59 bits per heavy atom. The van der Waals surface area contributed by atoms with Crippen molar-refractivity contribution in [1.82, 2.24) is 5.32 Å². The lowest BCUT2D eigenvalue weighted by atomic mass is 10.2. The van der Waals surface area contributed by atoms with Crippen LogP contribution < -0.4 is 5.32 Å². The highest BCUT2D eigenvalue weighted by molar-refractivity contribution is 7.99. The molecule has 1 N–H and O–H groups in total. The van der Waals surface area contributed by atoms with Crippen LogP contribution >= 0.6 is 23.4 Å². The predicted octanol–water partition coefficient (Wildman–Crippen LogP) is 4.21. The summed E-state index contributed by atoms with van der Waals surface area (Å²) >= 11 is 7.79. The summed E-state index contributed by atoms with van der Waals surface area (Å²) in [5.41, 5.74) is 1.27. The average molecular weight is 264 g/mol. The van der Waals surface area contributed by atoms with Crippen LogP contribution in [0.25, 0.3) is 0 Å². The minimum atomic E-state index is 0.781. The van der Waals surface area contributed by atoms with Crippen LogP contribution in [0.1, 0.15) is 5.56 Å². The second-order valence-electron chi connectivity index (χ2n) is 3.70. The number of halogens is 1. The van der Waals surface area contributed by atoms with Crippen molar-refractivity contribution >= 4 is 23.4 Å². The van der Waals surface area contributed by atoms with E-state index in [0.717, 1.165) is 11.6 Å². The third kappa shape index (κ3) is 3.50. The van der Waals surface area contributed by atoms with Gasteiger partial charge in [-0.15, -0.1) is 0 Å². The molecule has 0 unspecified atom stereocenters. The van der Waals surface area contributed by atoms with E-state index in [1.807, 2.05) is 37.4 Å². The first-order chi connectivity index (χ1) is 8.29. The summed E-state index contributed by atoms with van der Waals surface area (Å²) in [6.07, 6.45) is 0. The molecular weight excluding hydrogens is 250 g/mol. The lowest BCUT2D eigenvalue weighted by Crippen LogP contribution is -2.05. The van der Waals surface area contributed by atoms with E-state index in [4.69, 9.17) is 11.6 Å². The molecule has 2 rings (SSSR count). The Labute approximate surface area is 111 Å². The molecule has 0 aromatic heterocycles. The molecule has 0 atom stereocenters. The number of nitrogens with one attached hydrogen (secondary N) is 1. The molecule has 3 heteroatoms. The molecule has 17 heavy (non-hydrogen) atoms. The van der Waals surface area contributed by atoms with Gasteiger partial charge in [0.05, 0.1) is 0 Å². The van der Waals surface area contributed by atoms with Crippen molar-refractivity contribution in [2.75, 3.05) is 7.05 Å². The lowest BCUT2D eigenvalue weighted by Gasteiger charge is -2.09. The summed E-state index contributed by atoms with van der Waals surface area (Å²) in [7, 11) is 1.95. The van der Waals surface area contributed by atoms with Crippen LogP contribution in [0.2, 0.25) is 5.02 Å². The maximum atomic E-state index is 6.05. The summed E-state index contributed by atoms with van der Waals surface area (Å²) in [4.78, 5) is 2.44. The van der Waals surface area contributed by atoms with Gasteiger partial charge >= 0.3 is 0 Å². The minimum absolute atomic E-state index is 0.781. The van der Waals surface area contributed by atoms with Crippen LogP contribution in [0.3, 0.4) is 0 Å². The van der Waals surface area contributed by atoms with Crippen molar-refractivity contribution in [3.63, 3.8) is 0 Å². The van der Waals surface area contributed by atoms with Crippen molar-refractivity contribution in [3.05, 3.63) is 59.1 Å². The third-order valence-corrected chi connectivity index (χ3v) is 3.71. The molecular formula is C14H14ClNS. The van der Waals surface area contributed by atoms with Gasteiger partial charge in [0.2, 0.25) is 0 Å². The summed E-state index contributed by atoms with van der Waals surface area (Å²) in [5.74, 6) is 0. The van der Waals surface area contributed by atoms with Gasteiger partial charge in [-0.25, -0.2) is 0 Å². The van der Waals surface area contributed by atoms with Gasteiger partial charge in [0.15, 0.2) is 0 Å². The van der Waals surface area contributed by atoms with Gasteiger partial charge in [0, 0.05) is 21.4 Å². The first-order valence-corrected chi connectivity index (χ1v) is 6.65. The standard InChI is InChI=1S/C14H14ClNS/c1-16-10-11-7-8-12(15)9-14(11)17-13-5-3-2-4-6-13/h2-9,16H,10H2,1H3. The summed E-state index contributed by atoms with van der Waals surface area (Å²) < 4.78 is 0. The number of rotatable bonds is 4. The Morgan fingerprint density at radius 1 is 1.12 bits per heavy atom. The van der Waals surface area contributed by atoms with E-state index in [1.54, 1.807) is 11.8 Å². The third-order valence-electron chi connectivity index (χ3n) is 2.37. The summed E-state index contributed by atoms with van der Waals surface area (Å²) in [6, 6.07) is 16.4. The van der Waals surface area contributed by atoms with E-state index in [9.17, 15) is 0 Å². The second kappa shape index (κ2) is 6.10. The van der Waals surface area contributed by atoms with Crippen LogP contribution in [-0.4, -0.2) is 7.05 Å². The molecule has 0 bridgehead atoms. The van der Waals surface area contributed by atoms with Gasteiger partial charge in [-0.3, -0.25) is 0 Å². The van der Waals surface area contributed by atoms with E-state index in [1.165, 1.54) is 15.4 Å². The van der Waals surface area contributed by atoms with E-state index in [2.05, 4.69) is 23.5 Å². The lowest BCUT2D eigenvalue weighted by molar-refractivity contribution is 0.803. The largest absolute Gasteiger partial charge is 0.316 e. The Balaban J connectivity index is 2.27. The van der Waals surface area contributed by atoms with Gasteiger partial charge < -0.3 is 5.32 Å². The fourth-order valence-electron chi connectivity index (χ4n) is 1.58. The number of benzene rings is 2. The molecule has 0 aliphatic rings. The Hall–Kier alpha value is -0.960. The van der Waals surface area contributed by atoms with Crippen molar-refractivity contribution < 1.29 is 0 Å². The molecule has 2 aromatic rings. The fraction of sp³-hybridized carbons (Fsp3) is 0.143. The summed E-state index contributed by atoms with van der Waals surface area (Å²) in [5, 5.41) is 3.95. The SMILES string of the molecule is CNCc1ccc(Cl)cc1Sc1ccccc1. The normalized spacial score (nSPS) is 10.5. The maximum Gasteiger partial charge on any atom is 0.0417 e. The van der Waals surface area contributed by atoms with Crippen molar-refractivity contribution in [2.24, 2.45) is 0 Å². The highest BCUT2D eigenvalue weighted by Crippen LogP contribution is 2.32. The zero-order chi connectivity index (χ0) is 12.1. The van der Waals surface area contributed by atoms with Crippen molar-refractivity contribution in [2.45, 2.75) is 16.3 Å². The fourth-order valence-corrected chi connectivity index (χ4v) is 2.82. The smallest absolute Gasteiger partial charge is 0.0417 e. The zero-order valence-electron chi connectivity index (χ0n) is 9.61. The average Bonchev–Trinajstić information content (AvgIpc) is 2.34. The molecule has 0 aliphatic carbocycles. The van der Waals surface area contributed by atoms with Crippen molar-refractivity contribution in [3.8, 4) is 0 Å². The number of hydrogen-bond acceptors (Lipinski definition) is 2. The predicted molar refractivity (Wildman–Crippen MR) is 74.8 cm³/mol. The second-order valence-corrected chi connectivity index (χ2v) is 5.25. The molecule has 0 heterocycles. The van der Waals surface area contributed by atoms with Gasteiger partial charge in [0.25, 0.3) is 0 Å². The Bertz CT molecular complexity index is 485. The van der Waals surface area contributed by atoms with Crippen LogP contribution in [0, 0.1) is 0 Å². The highest BCUT2D eigenvalue weighted by atomic mass is 35.5. The van der Waals surface area contributed by atoms with Gasteiger partial charge in [-0.2, -0.15) is 0 Å². The quantitative estimate of drug-likeness (QED) is 0.887. The van der Waals surface area contributed by atoms with E-state index < -0.39 is 0 Å².